The Morgan fingerprint density at radius 1 is 1.09 bits per heavy atom. The summed E-state index contributed by atoms with van der Waals surface area (Å²) in [5, 5.41) is 6.54. The van der Waals surface area contributed by atoms with Crippen LogP contribution in [0.25, 0.3) is 0 Å². The number of amides is 2. The van der Waals surface area contributed by atoms with Crippen LogP contribution in [0.2, 0.25) is 0 Å². The fourth-order valence-corrected chi connectivity index (χ4v) is 1.86. The van der Waals surface area contributed by atoms with Crippen molar-refractivity contribution in [3.05, 3.63) is 59.5 Å². The van der Waals surface area contributed by atoms with Crippen molar-refractivity contribution in [1.29, 1.82) is 0 Å². The first kappa shape index (κ1) is 16.5. The summed E-state index contributed by atoms with van der Waals surface area (Å²) in [6.45, 7) is 2.28. The summed E-state index contributed by atoms with van der Waals surface area (Å²) in [5.41, 5.74) is 3.38. The molecule has 120 valence electrons. The summed E-state index contributed by atoms with van der Waals surface area (Å²) in [6, 6.07) is 13.2. The number of aryl methyl sites for hydroxylation is 1. The van der Waals surface area contributed by atoms with Gasteiger partial charge in [0, 0.05) is 19.4 Å². The third-order valence-electron chi connectivity index (χ3n) is 3.05. The molecule has 0 unspecified atom stereocenters. The zero-order valence-corrected chi connectivity index (χ0v) is 12.9. The Labute approximate surface area is 134 Å². The van der Waals surface area contributed by atoms with E-state index >= 15 is 0 Å². The molecule has 6 heteroatoms. The van der Waals surface area contributed by atoms with Crippen molar-refractivity contribution in [3.8, 4) is 0 Å². The molecule has 0 saturated carbocycles. The maximum Gasteiger partial charge on any atom is 0.240 e. The Balaban J connectivity index is 1.63. The van der Waals surface area contributed by atoms with E-state index in [1.54, 1.807) is 12.1 Å². The van der Waals surface area contributed by atoms with Gasteiger partial charge in [-0.2, -0.15) is 5.10 Å². The number of benzene rings is 1. The average molecular weight is 313 g/mol. The van der Waals surface area contributed by atoms with Gasteiger partial charge in [0.15, 0.2) is 0 Å². The molecule has 0 bridgehead atoms. The van der Waals surface area contributed by atoms with Crippen LogP contribution in [-0.2, 0) is 16.1 Å². The van der Waals surface area contributed by atoms with E-state index in [0.29, 0.717) is 12.3 Å². The zero-order chi connectivity index (χ0) is 16.5. The van der Waals surface area contributed by atoms with Crippen molar-refractivity contribution < 1.29 is 14.0 Å². The van der Waals surface area contributed by atoms with Gasteiger partial charge in [-0.05, 0) is 24.6 Å². The van der Waals surface area contributed by atoms with Crippen LogP contribution in [0.4, 0.5) is 0 Å². The van der Waals surface area contributed by atoms with E-state index in [4.69, 9.17) is 4.42 Å². The monoisotopic (exact) mass is 313 g/mol. The minimum atomic E-state index is -0.320. The molecule has 0 aliphatic rings. The van der Waals surface area contributed by atoms with Gasteiger partial charge in [0.2, 0.25) is 11.8 Å². The number of hydrogen-bond donors (Lipinski definition) is 2. The quantitative estimate of drug-likeness (QED) is 0.607. The van der Waals surface area contributed by atoms with Gasteiger partial charge in [0.1, 0.15) is 11.5 Å². The normalized spacial score (nSPS) is 10.7. The molecule has 0 aliphatic carbocycles. The smallest absolute Gasteiger partial charge is 0.240 e. The summed E-state index contributed by atoms with van der Waals surface area (Å²) in [5.74, 6) is 0.838. The Morgan fingerprint density at radius 3 is 2.52 bits per heavy atom. The lowest BCUT2D eigenvalue weighted by atomic mass is 10.2. The van der Waals surface area contributed by atoms with Crippen molar-refractivity contribution in [2.75, 3.05) is 0 Å². The van der Waals surface area contributed by atoms with Crippen LogP contribution in [0.3, 0.4) is 0 Å². The molecule has 0 fully saturated rings. The molecular weight excluding hydrogens is 294 g/mol. The molecular formula is C17H19N3O3. The van der Waals surface area contributed by atoms with E-state index in [1.165, 1.54) is 6.21 Å². The van der Waals surface area contributed by atoms with E-state index in [1.807, 2.05) is 37.3 Å². The molecule has 2 rings (SSSR count). The van der Waals surface area contributed by atoms with Gasteiger partial charge in [0.25, 0.3) is 0 Å². The highest BCUT2D eigenvalue weighted by molar-refractivity contribution is 5.84. The Hall–Kier alpha value is -2.89. The summed E-state index contributed by atoms with van der Waals surface area (Å²) in [7, 11) is 0. The van der Waals surface area contributed by atoms with Crippen molar-refractivity contribution in [3.63, 3.8) is 0 Å². The van der Waals surface area contributed by atoms with Crippen LogP contribution in [0, 0.1) is 6.92 Å². The first-order chi connectivity index (χ1) is 11.1. The van der Waals surface area contributed by atoms with E-state index in [0.717, 1.165) is 11.3 Å². The van der Waals surface area contributed by atoms with Crippen LogP contribution >= 0.6 is 0 Å². The summed E-state index contributed by atoms with van der Waals surface area (Å²) >= 11 is 0. The van der Waals surface area contributed by atoms with Crippen LogP contribution in [0.15, 0.2) is 52.0 Å². The number of hydrogen-bond acceptors (Lipinski definition) is 4. The molecule has 0 saturated heterocycles. The van der Waals surface area contributed by atoms with Gasteiger partial charge >= 0.3 is 0 Å². The van der Waals surface area contributed by atoms with E-state index in [-0.39, 0.29) is 24.7 Å². The van der Waals surface area contributed by atoms with E-state index in [9.17, 15) is 9.59 Å². The first-order valence-corrected chi connectivity index (χ1v) is 7.32. The lowest BCUT2D eigenvalue weighted by molar-refractivity contribution is -0.126. The Kier molecular flexibility index (Phi) is 6.11. The second-order valence-corrected chi connectivity index (χ2v) is 5.00. The van der Waals surface area contributed by atoms with Gasteiger partial charge in [-0.3, -0.25) is 9.59 Å². The van der Waals surface area contributed by atoms with Crippen LogP contribution < -0.4 is 10.7 Å². The van der Waals surface area contributed by atoms with Crippen molar-refractivity contribution in [1.82, 2.24) is 10.7 Å². The topological polar surface area (TPSA) is 83.7 Å². The lowest BCUT2D eigenvalue weighted by Crippen LogP contribution is -2.25. The molecule has 0 spiro atoms. The maximum absolute atomic E-state index is 11.7. The number of nitrogens with one attached hydrogen (secondary N) is 2. The second kappa shape index (κ2) is 8.53. The third kappa shape index (κ3) is 6.17. The first-order valence-electron chi connectivity index (χ1n) is 7.32. The molecule has 0 atom stereocenters. The highest BCUT2D eigenvalue weighted by Gasteiger charge is 2.06. The van der Waals surface area contributed by atoms with E-state index < -0.39 is 0 Å². The van der Waals surface area contributed by atoms with Gasteiger partial charge in [-0.15, -0.1) is 0 Å². The van der Waals surface area contributed by atoms with Gasteiger partial charge < -0.3 is 9.73 Å². The minimum Gasteiger partial charge on any atom is -0.460 e. The number of hydrazone groups is 1. The molecule has 6 nitrogen and oxygen atoms in total. The molecule has 2 aromatic rings. The summed E-state index contributed by atoms with van der Waals surface area (Å²) < 4.78 is 5.27. The molecule has 2 amide bonds. The number of carbonyl (C=O) groups excluding carboxylic acids is 2. The van der Waals surface area contributed by atoms with Crippen molar-refractivity contribution >= 4 is 18.0 Å². The number of rotatable bonds is 7. The fourth-order valence-electron chi connectivity index (χ4n) is 1.86. The van der Waals surface area contributed by atoms with Gasteiger partial charge in [-0.25, -0.2) is 5.43 Å². The predicted octanol–water partition coefficient (Wildman–Crippen LogP) is 2.13. The van der Waals surface area contributed by atoms with Gasteiger partial charge in [-0.1, -0.05) is 30.3 Å². The molecule has 23 heavy (non-hydrogen) atoms. The fraction of sp³-hybridized carbons (Fsp3) is 0.235. The van der Waals surface area contributed by atoms with Crippen LogP contribution in [0.1, 0.15) is 29.9 Å². The molecule has 0 aliphatic heterocycles. The maximum atomic E-state index is 11.7. The molecule has 1 aromatic carbocycles. The Morgan fingerprint density at radius 2 is 1.83 bits per heavy atom. The largest absolute Gasteiger partial charge is 0.460 e. The van der Waals surface area contributed by atoms with Crippen molar-refractivity contribution in [2.24, 2.45) is 5.10 Å². The Bertz CT molecular complexity index is 677. The summed E-state index contributed by atoms with van der Waals surface area (Å²) in [6.07, 6.45) is 1.61. The number of nitrogens with zero attached hydrogens (tertiary/aromatic N) is 1. The predicted molar refractivity (Wildman–Crippen MR) is 86.7 cm³/mol. The standard InChI is InChI=1S/C17H19N3O3/c1-13-7-8-15(23-13)12-19-20-17(22)10-9-16(21)18-11-14-5-3-2-4-6-14/h2-8,12H,9-11H2,1H3,(H,18,21)(H,20,22)/b19-12+. The SMILES string of the molecule is Cc1ccc(/C=N/NC(=O)CCC(=O)NCc2ccccc2)o1. The average Bonchev–Trinajstić information content (AvgIpc) is 2.97. The molecule has 1 heterocycles. The molecule has 2 N–H and O–H groups in total. The van der Waals surface area contributed by atoms with Crippen LogP contribution in [0.5, 0.6) is 0 Å². The molecule has 0 radical (unpaired) electrons. The third-order valence-corrected chi connectivity index (χ3v) is 3.05. The highest BCUT2D eigenvalue weighted by atomic mass is 16.3. The summed E-state index contributed by atoms with van der Waals surface area (Å²) in [4.78, 5) is 23.3. The van der Waals surface area contributed by atoms with Crippen LogP contribution in [-0.4, -0.2) is 18.0 Å². The van der Waals surface area contributed by atoms with Gasteiger partial charge in [0.05, 0.1) is 6.21 Å². The molecule has 1 aromatic heterocycles. The minimum absolute atomic E-state index is 0.0785. The highest BCUT2D eigenvalue weighted by Crippen LogP contribution is 2.02. The van der Waals surface area contributed by atoms with Crippen molar-refractivity contribution in [2.45, 2.75) is 26.3 Å². The zero-order valence-electron chi connectivity index (χ0n) is 12.9. The second-order valence-electron chi connectivity index (χ2n) is 5.00. The number of carbonyl (C=O) groups is 2. The lowest BCUT2D eigenvalue weighted by Gasteiger charge is -2.04. The van der Waals surface area contributed by atoms with E-state index in [2.05, 4.69) is 15.8 Å². The number of furan rings is 1.